The molecule has 0 saturated heterocycles. The molecule has 0 bridgehead atoms. The predicted molar refractivity (Wildman–Crippen MR) is 141 cm³/mol. The molecule has 3 N–H and O–H groups in total. The van der Waals surface area contributed by atoms with E-state index in [1.165, 1.54) is 43.6 Å². The van der Waals surface area contributed by atoms with Crippen LogP contribution in [0.4, 0.5) is 20.3 Å². The lowest BCUT2D eigenvalue weighted by atomic mass is 10.2. The molecule has 0 unspecified atom stereocenters. The zero-order valence-corrected chi connectivity index (χ0v) is 21.0. The van der Waals surface area contributed by atoms with Crippen molar-refractivity contribution in [3.8, 4) is 11.5 Å². The maximum absolute atomic E-state index is 14.7. The van der Waals surface area contributed by atoms with Crippen molar-refractivity contribution >= 4 is 45.7 Å². The molecule has 3 rings (SSSR count). The van der Waals surface area contributed by atoms with Crippen molar-refractivity contribution in [3.63, 3.8) is 0 Å². The lowest BCUT2D eigenvalue weighted by Gasteiger charge is -2.13. The second kappa shape index (κ2) is 11.1. The van der Waals surface area contributed by atoms with Crippen molar-refractivity contribution in [2.75, 3.05) is 11.1 Å². The van der Waals surface area contributed by atoms with Gasteiger partial charge in [0.05, 0.1) is 0 Å². The van der Waals surface area contributed by atoms with E-state index in [4.69, 9.17) is 10.5 Å². The van der Waals surface area contributed by atoms with E-state index in [2.05, 4.69) is 16.9 Å². The first-order chi connectivity index (χ1) is 16.6. The smallest absolute Gasteiger partial charge is 0.269 e. The van der Waals surface area contributed by atoms with Gasteiger partial charge in [-0.2, -0.15) is 0 Å². The van der Waals surface area contributed by atoms with Crippen LogP contribution in [-0.4, -0.2) is 15.5 Å². The number of ether oxygens (including phenoxy) is 1. The number of hydrogen-bond donors (Lipinski definition) is 2. The van der Waals surface area contributed by atoms with Crippen molar-refractivity contribution in [1.29, 1.82) is 0 Å². The number of anilines is 2. The summed E-state index contributed by atoms with van der Waals surface area (Å²) in [5, 5.41) is 2.52. The van der Waals surface area contributed by atoms with Gasteiger partial charge in [-0.25, -0.2) is 13.8 Å². The van der Waals surface area contributed by atoms with Crippen LogP contribution in [0.2, 0.25) is 0 Å². The number of nitrogens with zero attached hydrogens (tertiary/aromatic N) is 2. The molecule has 0 spiro atoms. The van der Waals surface area contributed by atoms with E-state index in [-0.39, 0.29) is 28.5 Å². The zero-order valence-electron chi connectivity index (χ0n) is 18.8. The molecule has 0 saturated carbocycles. The van der Waals surface area contributed by atoms with Gasteiger partial charge in [-0.15, -0.1) is 0 Å². The number of pyridine rings is 2. The van der Waals surface area contributed by atoms with Gasteiger partial charge in [-0.05, 0) is 72.9 Å². The van der Waals surface area contributed by atoms with E-state index in [9.17, 15) is 18.4 Å². The van der Waals surface area contributed by atoms with E-state index in [1.54, 1.807) is 19.1 Å². The number of amides is 1. The topological polar surface area (TPSA) is 99.2 Å². The molecule has 0 aliphatic carbocycles. The van der Waals surface area contributed by atoms with Gasteiger partial charge in [0.1, 0.15) is 23.0 Å². The molecule has 0 radical (unpaired) electrons. The van der Waals surface area contributed by atoms with Crippen molar-refractivity contribution in [1.82, 2.24) is 9.55 Å². The normalized spacial score (nSPS) is 11.5. The van der Waals surface area contributed by atoms with Crippen LogP contribution in [-0.2, 0) is 0 Å². The molecular formula is C25H21F2IN4O3. The molecule has 1 amide bonds. The molecule has 2 aromatic heterocycles. The summed E-state index contributed by atoms with van der Waals surface area (Å²) in [7, 11) is 0. The standard InChI is InChI=1S/C25H21F2IN4O3/c1-4-16(26)6-5-14(2)32-12-10-19(28)22(25(32)34)24(33)31-17-7-8-21(18(27)13-17)35-20-9-11-30-23(29)15(20)3/h4-13H,2H2,1,3H3,(H2,29,30)(H,31,33)/b6-5-,16-4+. The number of carbonyl (C=O) groups is 1. The molecule has 35 heavy (non-hydrogen) atoms. The van der Waals surface area contributed by atoms with Crippen LogP contribution in [0.25, 0.3) is 5.70 Å². The molecule has 7 nitrogen and oxygen atoms in total. The Morgan fingerprint density at radius 3 is 2.69 bits per heavy atom. The number of rotatable bonds is 7. The minimum atomic E-state index is -0.740. The molecule has 0 fully saturated rings. The SMILES string of the molecule is C=C(/C=C\C(F)=C/C)n1ccc(I)c(C(=O)Nc2ccc(Oc3ccnc(N)c3C)c(F)c2)c1=O. The third kappa shape index (κ3) is 6.01. The average Bonchev–Trinajstić information content (AvgIpc) is 2.81. The molecular weight excluding hydrogens is 569 g/mol. The Labute approximate surface area is 213 Å². The largest absolute Gasteiger partial charge is 0.454 e. The molecule has 0 aliphatic rings. The molecule has 0 aliphatic heterocycles. The lowest BCUT2D eigenvalue weighted by Crippen LogP contribution is -2.29. The highest BCUT2D eigenvalue weighted by atomic mass is 127. The fourth-order valence-corrected chi connectivity index (χ4v) is 3.55. The van der Waals surface area contributed by atoms with Gasteiger partial charge < -0.3 is 15.8 Å². The van der Waals surface area contributed by atoms with E-state index >= 15 is 0 Å². The average molecular weight is 590 g/mol. The van der Waals surface area contributed by atoms with Gasteiger partial charge in [0.25, 0.3) is 11.5 Å². The summed E-state index contributed by atoms with van der Waals surface area (Å²) in [4.78, 5) is 29.8. The molecule has 0 atom stereocenters. The van der Waals surface area contributed by atoms with Gasteiger partial charge in [0.15, 0.2) is 11.6 Å². The van der Waals surface area contributed by atoms with E-state index in [1.807, 2.05) is 22.6 Å². The van der Waals surface area contributed by atoms with E-state index < -0.39 is 23.1 Å². The first-order valence-corrected chi connectivity index (χ1v) is 11.3. The van der Waals surface area contributed by atoms with E-state index in [0.717, 1.165) is 16.7 Å². The number of nitrogen functional groups attached to an aromatic ring is 1. The van der Waals surface area contributed by atoms with Crippen LogP contribution in [0.1, 0.15) is 22.8 Å². The minimum absolute atomic E-state index is 0.0789. The number of allylic oxidation sites excluding steroid dienone is 5. The highest BCUT2D eigenvalue weighted by Gasteiger charge is 2.18. The highest BCUT2D eigenvalue weighted by molar-refractivity contribution is 14.1. The summed E-state index contributed by atoms with van der Waals surface area (Å²) in [6.07, 6.45) is 6.60. The van der Waals surface area contributed by atoms with Crippen molar-refractivity contribution in [2.24, 2.45) is 0 Å². The highest BCUT2D eigenvalue weighted by Crippen LogP contribution is 2.30. The summed E-state index contributed by atoms with van der Waals surface area (Å²) < 4.78 is 35.1. The van der Waals surface area contributed by atoms with Crippen LogP contribution >= 0.6 is 22.6 Å². The molecule has 2 heterocycles. The Bertz CT molecular complexity index is 1430. The van der Waals surface area contributed by atoms with Crippen molar-refractivity contribution < 1.29 is 18.3 Å². The molecule has 180 valence electrons. The third-order valence-electron chi connectivity index (χ3n) is 4.89. The Morgan fingerprint density at radius 1 is 1.26 bits per heavy atom. The second-order valence-electron chi connectivity index (χ2n) is 7.23. The number of hydrogen-bond acceptors (Lipinski definition) is 5. The van der Waals surface area contributed by atoms with Crippen molar-refractivity contribution in [2.45, 2.75) is 13.8 Å². The number of nitrogens with two attached hydrogens (primary N) is 1. The van der Waals surface area contributed by atoms with Crippen LogP contribution in [0.5, 0.6) is 11.5 Å². The molecule has 3 aromatic rings. The first kappa shape index (κ1) is 25.8. The monoisotopic (exact) mass is 590 g/mol. The predicted octanol–water partition coefficient (Wildman–Crippen LogP) is 5.82. The van der Waals surface area contributed by atoms with Crippen LogP contribution in [0.15, 0.2) is 78.2 Å². The van der Waals surface area contributed by atoms with E-state index in [0.29, 0.717) is 14.9 Å². The van der Waals surface area contributed by atoms with Gasteiger partial charge in [-0.3, -0.25) is 14.2 Å². The summed E-state index contributed by atoms with van der Waals surface area (Å²) in [5.74, 6) is -1.45. The van der Waals surface area contributed by atoms with Gasteiger partial charge in [-0.1, -0.05) is 12.7 Å². The number of carbonyl (C=O) groups excluding carboxylic acids is 1. The summed E-state index contributed by atoms with van der Waals surface area (Å²) >= 11 is 1.85. The maximum atomic E-state index is 14.7. The molecule has 10 heteroatoms. The summed E-state index contributed by atoms with van der Waals surface area (Å²) in [6.45, 7) is 6.97. The first-order valence-electron chi connectivity index (χ1n) is 10.2. The number of nitrogens with one attached hydrogen (secondary N) is 1. The second-order valence-corrected chi connectivity index (χ2v) is 8.39. The fourth-order valence-electron chi connectivity index (χ4n) is 2.91. The number of aromatic nitrogens is 2. The number of halogens is 3. The number of benzene rings is 1. The summed E-state index contributed by atoms with van der Waals surface area (Å²) in [6, 6.07) is 6.95. The quantitative estimate of drug-likeness (QED) is 0.267. The fraction of sp³-hybridized carbons (Fsp3) is 0.0800. The Hall–Kier alpha value is -3.80. The lowest BCUT2D eigenvalue weighted by molar-refractivity contribution is 0.102. The van der Waals surface area contributed by atoms with Crippen molar-refractivity contribution in [3.05, 3.63) is 104 Å². The van der Waals surface area contributed by atoms with Crippen LogP contribution < -0.4 is 21.3 Å². The van der Waals surface area contributed by atoms with Crippen LogP contribution in [0, 0.1) is 16.3 Å². The third-order valence-corrected chi connectivity index (χ3v) is 5.79. The maximum Gasteiger partial charge on any atom is 0.269 e. The van der Waals surface area contributed by atoms with Gasteiger partial charge in [0.2, 0.25) is 0 Å². The Kier molecular flexibility index (Phi) is 8.18. The minimum Gasteiger partial charge on any atom is -0.454 e. The summed E-state index contributed by atoms with van der Waals surface area (Å²) in [5.41, 5.74) is 5.76. The van der Waals surface area contributed by atoms with Gasteiger partial charge in [0, 0.05) is 39.0 Å². The van der Waals surface area contributed by atoms with Crippen LogP contribution in [0.3, 0.4) is 0 Å². The van der Waals surface area contributed by atoms with Gasteiger partial charge >= 0.3 is 0 Å². The molecule has 1 aromatic carbocycles. The Balaban J connectivity index is 1.84. The zero-order chi connectivity index (χ0) is 25.7. The Morgan fingerprint density at radius 2 is 2.00 bits per heavy atom.